The third-order valence-corrected chi connectivity index (χ3v) is 4.72. The number of carbonyl (C=O) groups excluding carboxylic acids is 1. The van der Waals surface area contributed by atoms with Gasteiger partial charge in [-0.15, -0.1) is 0 Å². The second-order valence-corrected chi connectivity index (χ2v) is 7.80. The fourth-order valence-electron chi connectivity index (χ4n) is 3.51. The normalized spacial score (nSPS) is 18.2. The molecule has 0 saturated carbocycles. The van der Waals surface area contributed by atoms with E-state index in [1.807, 2.05) is 0 Å². The number of carbonyl (C=O) groups is 1. The summed E-state index contributed by atoms with van der Waals surface area (Å²) in [5, 5.41) is 7.08. The van der Waals surface area contributed by atoms with Crippen molar-refractivity contribution in [3.05, 3.63) is 29.1 Å². The third-order valence-electron chi connectivity index (χ3n) is 4.72. The Hall–Kier alpha value is -2.22. The van der Waals surface area contributed by atoms with E-state index in [1.165, 1.54) is 0 Å². The van der Waals surface area contributed by atoms with Crippen LogP contribution >= 0.6 is 0 Å². The molecule has 1 aliphatic rings. The highest BCUT2D eigenvalue weighted by Gasteiger charge is 2.23. The Kier molecular flexibility index (Phi) is 6.26. The molecule has 2 aromatic heterocycles. The Morgan fingerprint density at radius 3 is 2.85 bits per heavy atom. The van der Waals surface area contributed by atoms with Crippen molar-refractivity contribution in [1.82, 2.24) is 25.3 Å². The van der Waals surface area contributed by atoms with Crippen molar-refractivity contribution >= 4 is 5.91 Å². The number of nitrogens with zero attached hydrogens (tertiary/aromatic N) is 4. The topological polar surface area (TPSA) is 97.3 Å². The van der Waals surface area contributed by atoms with Crippen molar-refractivity contribution in [2.24, 2.45) is 11.8 Å². The van der Waals surface area contributed by atoms with Crippen molar-refractivity contribution < 1.29 is 13.7 Å². The van der Waals surface area contributed by atoms with Gasteiger partial charge in [0.15, 0.2) is 11.7 Å². The summed E-state index contributed by atoms with van der Waals surface area (Å²) in [5.74, 6) is 2.97. The average Bonchev–Trinajstić information content (AvgIpc) is 3.18. The van der Waals surface area contributed by atoms with Gasteiger partial charge in [-0.1, -0.05) is 19.0 Å². The van der Waals surface area contributed by atoms with Crippen molar-refractivity contribution in [2.75, 3.05) is 19.6 Å². The second-order valence-electron chi connectivity index (χ2n) is 7.80. The number of likely N-dealkylation sites (tertiary alicyclic amines) is 1. The van der Waals surface area contributed by atoms with E-state index in [0.717, 1.165) is 38.2 Å². The van der Waals surface area contributed by atoms with E-state index in [0.29, 0.717) is 48.2 Å². The summed E-state index contributed by atoms with van der Waals surface area (Å²) < 4.78 is 10.7. The number of hydrogen-bond donors (Lipinski definition) is 1. The van der Waals surface area contributed by atoms with Crippen LogP contribution in [0.3, 0.4) is 0 Å². The summed E-state index contributed by atoms with van der Waals surface area (Å²) in [5.41, 5.74) is 0.629. The van der Waals surface area contributed by atoms with Gasteiger partial charge in [0.25, 0.3) is 5.91 Å². The molecule has 0 spiro atoms. The molecule has 1 saturated heterocycles. The van der Waals surface area contributed by atoms with Crippen LogP contribution in [0.25, 0.3) is 0 Å². The van der Waals surface area contributed by atoms with Gasteiger partial charge in [0.05, 0.1) is 12.2 Å². The van der Waals surface area contributed by atoms with Crippen LogP contribution in [0, 0.1) is 25.7 Å². The van der Waals surface area contributed by atoms with E-state index in [1.54, 1.807) is 13.8 Å². The highest BCUT2D eigenvalue weighted by atomic mass is 16.5. The molecule has 3 rings (SSSR count). The lowest BCUT2D eigenvalue weighted by molar-refractivity contribution is 0.0900. The Labute approximate surface area is 159 Å². The van der Waals surface area contributed by atoms with Gasteiger partial charge in [-0.2, -0.15) is 4.98 Å². The minimum absolute atomic E-state index is 0.193. The van der Waals surface area contributed by atoms with Gasteiger partial charge >= 0.3 is 0 Å². The van der Waals surface area contributed by atoms with Crippen LogP contribution in [-0.4, -0.2) is 45.6 Å². The first kappa shape index (κ1) is 19.5. The molecule has 1 N–H and O–H groups in total. The molecule has 27 heavy (non-hydrogen) atoms. The fourth-order valence-corrected chi connectivity index (χ4v) is 3.51. The van der Waals surface area contributed by atoms with Gasteiger partial charge in [0, 0.05) is 26.4 Å². The Morgan fingerprint density at radius 1 is 1.33 bits per heavy atom. The van der Waals surface area contributed by atoms with Gasteiger partial charge in [-0.3, -0.25) is 9.69 Å². The molecule has 148 valence electrons. The van der Waals surface area contributed by atoms with Crippen LogP contribution in [0.4, 0.5) is 0 Å². The molecule has 1 amide bonds. The van der Waals surface area contributed by atoms with Crippen LogP contribution < -0.4 is 5.32 Å². The van der Waals surface area contributed by atoms with Crippen LogP contribution in [-0.2, 0) is 13.0 Å². The first-order valence-corrected chi connectivity index (χ1v) is 9.66. The summed E-state index contributed by atoms with van der Waals surface area (Å²) in [4.78, 5) is 23.3. The third kappa shape index (κ3) is 5.38. The van der Waals surface area contributed by atoms with Crippen LogP contribution in [0.2, 0.25) is 0 Å². The molecule has 0 aromatic carbocycles. The summed E-state index contributed by atoms with van der Waals surface area (Å²) >= 11 is 0. The highest BCUT2D eigenvalue weighted by Crippen LogP contribution is 2.18. The Morgan fingerprint density at radius 2 is 2.15 bits per heavy atom. The Bertz CT molecular complexity index is 767. The molecule has 0 aliphatic carbocycles. The van der Waals surface area contributed by atoms with E-state index in [2.05, 4.69) is 39.2 Å². The van der Waals surface area contributed by atoms with Crippen molar-refractivity contribution in [1.29, 1.82) is 0 Å². The average molecular weight is 375 g/mol. The smallest absolute Gasteiger partial charge is 0.289 e. The lowest BCUT2D eigenvalue weighted by atomic mass is 9.98. The van der Waals surface area contributed by atoms with E-state index in [9.17, 15) is 4.79 Å². The molecule has 3 heterocycles. The zero-order valence-electron chi connectivity index (χ0n) is 16.6. The van der Waals surface area contributed by atoms with Gasteiger partial charge in [0.2, 0.25) is 11.7 Å². The Balaban J connectivity index is 1.48. The molecule has 1 fully saturated rings. The molecule has 0 bridgehead atoms. The fraction of sp³-hybridized carbons (Fsp3) is 0.684. The number of aromatic nitrogens is 3. The van der Waals surface area contributed by atoms with Crippen LogP contribution in [0.15, 0.2) is 8.94 Å². The standard InChI is InChI=1S/C19H29N5O3/c1-12(2)8-17-22-16(23-27-17)11-24-7-5-6-15(10-24)9-20-19(25)18-13(3)21-14(4)26-18/h12,15H,5-11H2,1-4H3,(H,20,25). The molecule has 1 atom stereocenters. The van der Waals surface area contributed by atoms with E-state index in [4.69, 9.17) is 8.94 Å². The lowest BCUT2D eigenvalue weighted by Crippen LogP contribution is -2.40. The minimum atomic E-state index is -0.193. The largest absolute Gasteiger partial charge is 0.436 e. The molecule has 8 heteroatoms. The molecule has 1 unspecified atom stereocenters. The zero-order valence-corrected chi connectivity index (χ0v) is 16.6. The monoisotopic (exact) mass is 375 g/mol. The first-order chi connectivity index (χ1) is 12.9. The van der Waals surface area contributed by atoms with Crippen LogP contribution in [0.5, 0.6) is 0 Å². The summed E-state index contributed by atoms with van der Waals surface area (Å²) in [7, 11) is 0. The number of nitrogens with one attached hydrogen (secondary N) is 1. The van der Waals surface area contributed by atoms with Gasteiger partial charge in [0.1, 0.15) is 0 Å². The van der Waals surface area contributed by atoms with Crippen LogP contribution in [0.1, 0.15) is 60.5 Å². The predicted octanol–water partition coefficient (Wildman–Crippen LogP) is 2.51. The summed E-state index contributed by atoms with van der Waals surface area (Å²) in [6.07, 6.45) is 3.00. The molecule has 0 radical (unpaired) electrons. The van der Waals surface area contributed by atoms with E-state index in [-0.39, 0.29) is 5.91 Å². The summed E-state index contributed by atoms with van der Waals surface area (Å²) in [6.45, 7) is 11.0. The van der Waals surface area contributed by atoms with Crippen molar-refractivity contribution in [3.63, 3.8) is 0 Å². The quantitative estimate of drug-likeness (QED) is 0.794. The van der Waals surface area contributed by atoms with Gasteiger partial charge in [-0.05, 0) is 38.1 Å². The number of piperidine rings is 1. The van der Waals surface area contributed by atoms with Gasteiger partial charge in [-0.25, -0.2) is 4.98 Å². The first-order valence-electron chi connectivity index (χ1n) is 9.66. The van der Waals surface area contributed by atoms with E-state index >= 15 is 0 Å². The number of oxazole rings is 1. The maximum atomic E-state index is 12.3. The number of aryl methyl sites for hydroxylation is 2. The van der Waals surface area contributed by atoms with Crippen molar-refractivity contribution in [2.45, 2.75) is 53.5 Å². The van der Waals surface area contributed by atoms with Crippen molar-refractivity contribution in [3.8, 4) is 0 Å². The SMILES string of the molecule is Cc1nc(C)c(C(=O)NCC2CCCN(Cc3noc(CC(C)C)n3)C2)o1. The molecule has 2 aromatic rings. The second kappa shape index (κ2) is 8.65. The van der Waals surface area contributed by atoms with Gasteiger partial charge < -0.3 is 14.3 Å². The molecule has 1 aliphatic heterocycles. The highest BCUT2D eigenvalue weighted by molar-refractivity contribution is 5.92. The molecule has 8 nitrogen and oxygen atoms in total. The van der Waals surface area contributed by atoms with E-state index < -0.39 is 0 Å². The maximum Gasteiger partial charge on any atom is 0.289 e. The minimum Gasteiger partial charge on any atom is -0.436 e. The number of rotatable bonds is 7. The lowest BCUT2D eigenvalue weighted by Gasteiger charge is -2.31. The molecular weight excluding hydrogens is 346 g/mol. The number of hydrogen-bond acceptors (Lipinski definition) is 7. The maximum absolute atomic E-state index is 12.3. The number of amides is 1. The molecular formula is C19H29N5O3. The predicted molar refractivity (Wildman–Crippen MR) is 99.2 cm³/mol. The summed E-state index contributed by atoms with van der Waals surface area (Å²) in [6, 6.07) is 0. The zero-order chi connectivity index (χ0) is 19.4.